The summed E-state index contributed by atoms with van der Waals surface area (Å²) >= 11 is 0. The van der Waals surface area contributed by atoms with Crippen LogP contribution >= 0.6 is 0 Å². The Labute approximate surface area is 130 Å². The minimum Gasteiger partial charge on any atom is -0.232 e. The van der Waals surface area contributed by atoms with E-state index in [0.29, 0.717) is 21.8 Å². The first-order valence-electron chi connectivity index (χ1n) is 7.10. The highest BCUT2D eigenvalue weighted by Gasteiger charge is 2.24. The maximum atomic E-state index is 13.1. The molecule has 0 N–H and O–H groups in total. The van der Waals surface area contributed by atoms with E-state index in [0.717, 1.165) is 16.7 Å². The smallest absolute Gasteiger partial charge is 0.232 e. The molecule has 1 aromatic heterocycles. The number of benzene rings is 2. The van der Waals surface area contributed by atoms with E-state index in [1.807, 2.05) is 45.0 Å². The van der Waals surface area contributed by atoms with E-state index in [9.17, 15) is 8.42 Å². The van der Waals surface area contributed by atoms with Crippen molar-refractivity contribution in [2.75, 3.05) is 0 Å². The molecule has 0 unspecified atom stereocenters. The van der Waals surface area contributed by atoms with Crippen molar-refractivity contribution in [3.05, 3.63) is 58.9 Å². The van der Waals surface area contributed by atoms with Crippen LogP contribution in [-0.2, 0) is 10.0 Å². The number of fused-ring (bicyclic) bond motifs is 1. The van der Waals surface area contributed by atoms with Crippen molar-refractivity contribution in [3.63, 3.8) is 0 Å². The molecular weight excluding hydrogens is 296 g/mol. The van der Waals surface area contributed by atoms with E-state index in [4.69, 9.17) is 0 Å². The van der Waals surface area contributed by atoms with E-state index < -0.39 is 10.0 Å². The lowest BCUT2D eigenvalue weighted by atomic mass is 10.1. The van der Waals surface area contributed by atoms with Gasteiger partial charge in [0, 0.05) is 0 Å². The van der Waals surface area contributed by atoms with Gasteiger partial charge in [-0.3, -0.25) is 0 Å². The molecule has 22 heavy (non-hydrogen) atoms. The van der Waals surface area contributed by atoms with Crippen LogP contribution in [0.4, 0.5) is 0 Å². The van der Waals surface area contributed by atoms with E-state index in [2.05, 4.69) is 4.98 Å². The Kier molecular flexibility index (Phi) is 3.33. The summed E-state index contributed by atoms with van der Waals surface area (Å²) in [7, 11) is -3.67. The molecule has 0 aliphatic rings. The normalized spacial score (nSPS) is 12.0. The summed E-state index contributed by atoms with van der Waals surface area (Å²) in [5.41, 5.74) is 4.17. The first-order chi connectivity index (χ1) is 10.3. The summed E-state index contributed by atoms with van der Waals surface area (Å²) in [5.74, 6) is 0.471. The molecule has 0 amide bonds. The lowest BCUT2D eigenvalue weighted by Crippen LogP contribution is -2.16. The largest absolute Gasteiger partial charge is 0.269 e. The Hall–Kier alpha value is -2.14. The van der Waals surface area contributed by atoms with Crippen LogP contribution in [0, 0.1) is 27.7 Å². The van der Waals surface area contributed by atoms with Crippen molar-refractivity contribution >= 4 is 21.1 Å². The van der Waals surface area contributed by atoms with Crippen LogP contribution in [-0.4, -0.2) is 17.4 Å². The van der Waals surface area contributed by atoms with Gasteiger partial charge in [0.15, 0.2) is 0 Å². The molecule has 3 aromatic rings. The van der Waals surface area contributed by atoms with Gasteiger partial charge in [0.25, 0.3) is 10.0 Å². The van der Waals surface area contributed by atoms with Crippen LogP contribution in [0.2, 0.25) is 0 Å². The Morgan fingerprint density at radius 3 is 2.32 bits per heavy atom. The van der Waals surface area contributed by atoms with Gasteiger partial charge in [-0.15, -0.1) is 0 Å². The number of aryl methyl sites for hydroxylation is 2. The van der Waals surface area contributed by atoms with E-state index in [1.54, 1.807) is 19.1 Å². The number of hydrogen-bond donors (Lipinski definition) is 0. The van der Waals surface area contributed by atoms with E-state index >= 15 is 0 Å². The number of imidazole rings is 1. The van der Waals surface area contributed by atoms with Gasteiger partial charge in [0.2, 0.25) is 0 Å². The fraction of sp³-hybridized carbons (Fsp3) is 0.235. The third-order valence-corrected chi connectivity index (χ3v) is 6.14. The second-order valence-electron chi connectivity index (χ2n) is 5.55. The topological polar surface area (TPSA) is 52.0 Å². The van der Waals surface area contributed by atoms with Crippen LogP contribution < -0.4 is 0 Å². The SMILES string of the molecule is Cc1ccc(S(=O)(=O)n2c(C)nc3ccccc32)c(C)c1C. The summed E-state index contributed by atoms with van der Waals surface area (Å²) in [6, 6.07) is 10.8. The van der Waals surface area contributed by atoms with Crippen LogP contribution in [0.5, 0.6) is 0 Å². The monoisotopic (exact) mass is 314 g/mol. The summed E-state index contributed by atoms with van der Waals surface area (Å²) < 4.78 is 27.6. The van der Waals surface area contributed by atoms with Crippen molar-refractivity contribution in [1.82, 2.24) is 8.96 Å². The summed E-state index contributed by atoms with van der Waals surface area (Å²) in [6.45, 7) is 7.50. The number of hydrogen-bond acceptors (Lipinski definition) is 3. The average molecular weight is 314 g/mol. The molecule has 1 heterocycles. The molecule has 4 nitrogen and oxygen atoms in total. The molecule has 114 valence electrons. The predicted molar refractivity (Wildman–Crippen MR) is 87.7 cm³/mol. The summed E-state index contributed by atoms with van der Waals surface area (Å²) in [5, 5.41) is 0. The Bertz CT molecular complexity index is 985. The first-order valence-corrected chi connectivity index (χ1v) is 8.54. The zero-order chi connectivity index (χ0) is 16.1. The lowest BCUT2D eigenvalue weighted by Gasteiger charge is -2.14. The van der Waals surface area contributed by atoms with Crippen molar-refractivity contribution in [2.24, 2.45) is 0 Å². The Morgan fingerprint density at radius 1 is 0.909 bits per heavy atom. The van der Waals surface area contributed by atoms with Crippen LogP contribution in [0.3, 0.4) is 0 Å². The van der Waals surface area contributed by atoms with Gasteiger partial charge in [0.05, 0.1) is 15.9 Å². The highest BCUT2D eigenvalue weighted by molar-refractivity contribution is 7.90. The highest BCUT2D eigenvalue weighted by atomic mass is 32.2. The number of nitrogens with zero attached hydrogens (tertiary/aromatic N) is 2. The van der Waals surface area contributed by atoms with Gasteiger partial charge in [-0.25, -0.2) is 17.4 Å². The second-order valence-corrected chi connectivity index (χ2v) is 7.30. The summed E-state index contributed by atoms with van der Waals surface area (Å²) in [6.07, 6.45) is 0. The molecule has 0 spiro atoms. The number of aromatic nitrogens is 2. The third kappa shape index (κ3) is 2.04. The first kappa shape index (κ1) is 14.8. The molecule has 3 rings (SSSR count). The van der Waals surface area contributed by atoms with Gasteiger partial charge in [-0.1, -0.05) is 18.2 Å². The Morgan fingerprint density at radius 2 is 1.59 bits per heavy atom. The zero-order valence-electron chi connectivity index (χ0n) is 13.1. The fourth-order valence-corrected chi connectivity index (χ4v) is 4.52. The highest BCUT2D eigenvalue weighted by Crippen LogP contribution is 2.27. The lowest BCUT2D eigenvalue weighted by molar-refractivity contribution is 0.586. The van der Waals surface area contributed by atoms with Crippen molar-refractivity contribution in [2.45, 2.75) is 32.6 Å². The van der Waals surface area contributed by atoms with Crippen molar-refractivity contribution in [1.29, 1.82) is 0 Å². The average Bonchev–Trinajstić information content (AvgIpc) is 2.80. The van der Waals surface area contributed by atoms with Crippen LogP contribution in [0.15, 0.2) is 41.3 Å². The third-order valence-electron chi connectivity index (χ3n) is 4.20. The molecule has 0 saturated heterocycles. The number of rotatable bonds is 2. The van der Waals surface area contributed by atoms with Gasteiger partial charge in [-0.2, -0.15) is 0 Å². The molecule has 0 radical (unpaired) electrons. The van der Waals surface area contributed by atoms with E-state index in [1.165, 1.54) is 3.97 Å². The molecule has 5 heteroatoms. The number of para-hydroxylation sites is 2. The maximum absolute atomic E-state index is 13.1. The van der Waals surface area contributed by atoms with Gasteiger partial charge in [0.1, 0.15) is 5.82 Å². The standard InChI is InChI=1S/C17H18N2O2S/c1-11-9-10-17(13(3)12(11)2)22(20,21)19-14(4)18-15-7-5-6-8-16(15)19/h5-10H,1-4H3. The summed E-state index contributed by atoms with van der Waals surface area (Å²) in [4.78, 5) is 4.69. The quantitative estimate of drug-likeness (QED) is 0.727. The van der Waals surface area contributed by atoms with E-state index in [-0.39, 0.29) is 0 Å². The van der Waals surface area contributed by atoms with Gasteiger partial charge >= 0.3 is 0 Å². The zero-order valence-corrected chi connectivity index (χ0v) is 13.9. The van der Waals surface area contributed by atoms with Crippen LogP contribution in [0.25, 0.3) is 11.0 Å². The second kappa shape index (κ2) is 4.95. The molecule has 0 aliphatic carbocycles. The molecule has 0 atom stereocenters. The van der Waals surface area contributed by atoms with Crippen molar-refractivity contribution < 1.29 is 8.42 Å². The van der Waals surface area contributed by atoms with Gasteiger partial charge in [-0.05, 0) is 62.6 Å². The molecule has 0 fully saturated rings. The molecule has 0 bridgehead atoms. The molecule has 0 aliphatic heterocycles. The molecule has 2 aromatic carbocycles. The molecule has 0 saturated carbocycles. The predicted octanol–water partition coefficient (Wildman–Crippen LogP) is 3.51. The fourth-order valence-electron chi connectivity index (χ4n) is 2.74. The van der Waals surface area contributed by atoms with Crippen LogP contribution in [0.1, 0.15) is 22.5 Å². The Balaban J connectivity index is 2.35. The van der Waals surface area contributed by atoms with Gasteiger partial charge < -0.3 is 0 Å². The minimum absolute atomic E-state index is 0.335. The minimum atomic E-state index is -3.67. The molecular formula is C17H18N2O2S. The van der Waals surface area contributed by atoms with Crippen molar-refractivity contribution in [3.8, 4) is 0 Å². The maximum Gasteiger partial charge on any atom is 0.269 e.